The number of primary sulfonamides is 1. The maximum atomic E-state index is 12.0. The number of rotatable bonds is 6. The average molecular weight is 330 g/mol. The van der Waals surface area contributed by atoms with E-state index in [1.165, 1.54) is 17.5 Å². The van der Waals surface area contributed by atoms with Gasteiger partial charge < -0.3 is 0 Å². The van der Waals surface area contributed by atoms with E-state index >= 15 is 0 Å². The molecule has 1 aromatic carbocycles. The van der Waals surface area contributed by atoms with Crippen molar-refractivity contribution in [3.05, 3.63) is 35.2 Å². The zero-order valence-corrected chi connectivity index (χ0v) is 13.2. The molecule has 20 heavy (non-hydrogen) atoms. The van der Waals surface area contributed by atoms with E-state index in [1.54, 1.807) is 19.1 Å². The van der Waals surface area contributed by atoms with Gasteiger partial charge in [-0.25, -0.2) is 22.8 Å². The summed E-state index contributed by atoms with van der Waals surface area (Å²) in [7, 11) is -5.24. The summed E-state index contributed by atoms with van der Waals surface area (Å²) in [4.78, 5) is 4.07. The molecule has 1 atom stereocenters. The van der Waals surface area contributed by atoms with Crippen molar-refractivity contribution in [3.8, 4) is 0 Å². The fraction of sp³-hybridized carbons (Fsp3) is 0.250. The number of benzene rings is 1. The third-order valence-electron chi connectivity index (χ3n) is 2.28. The summed E-state index contributed by atoms with van der Waals surface area (Å²) < 4.78 is 34.7. The number of isothiocyanates is 1. The zero-order valence-electron chi connectivity index (χ0n) is 10.8. The molecule has 8 heteroatoms. The van der Waals surface area contributed by atoms with E-state index < -0.39 is 20.8 Å². The molecule has 0 aliphatic heterocycles. The van der Waals surface area contributed by atoms with Crippen molar-refractivity contribution in [2.75, 3.05) is 6.54 Å². The number of hydrogen-bond acceptors (Lipinski definition) is 5. The highest BCUT2D eigenvalue weighted by molar-refractivity contribution is 7.89. The highest BCUT2D eigenvalue weighted by Crippen LogP contribution is 2.17. The van der Waals surface area contributed by atoms with Crippen molar-refractivity contribution in [1.29, 1.82) is 0 Å². The second-order valence-electron chi connectivity index (χ2n) is 3.96. The van der Waals surface area contributed by atoms with E-state index in [0.717, 1.165) is 0 Å². The molecular formula is C12H14N2O3S3. The van der Waals surface area contributed by atoms with Crippen LogP contribution >= 0.6 is 12.2 Å². The number of aryl methyl sites for hydroxylation is 1. The van der Waals surface area contributed by atoms with Crippen molar-refractivity contribution in [2.24, 2.45) is 10.1 Å². The Balaban J connectivity index is 2.94. The number of aliphatic imine (C=N–C) groups is 1. The topological polar surface area (TPSA) is 89.6 Å². The minimum Gasteiger partial charge on any atom is -0.250 e. The quantitative estimate of drug-likeness (QED) is 0.489. The lowest BCUT2D eigenvalue weighted by atomic mass is 10.2. The second kappa shape index (κ2) is 7.56. The summed E-state index contributed by atoms with van der Waals surface area (Å²) in [6.45, 7) is 2.20. The SMILES string of the molecule is Cc1cc(S(=O)/C=C/CCN=C=S)cc(S(N)(=O)=O)c1. The predicted molar refractivity (Wildman–Crippen MR) is 82.6 cm³/mol. The number of thiocarbonyl (C=S) groups is 1. The molecule has 1 rings (SSSR count). The summed E-state index contributed by atoms with van der Waals surface area (Å²) >= 11 is 4.42. The van der Waals surface area contributed by atoms with Crippen molar-refractivity contribution in [1.82, 2.24) is 0 Å². The Bertz CT molecular complexity index is 690. The first-order valence-corrected chi connectivity index (χ1v) is 8.76. The summed E-state index contributed by atoms with van der Waals surface area (Å²) in [5.41, 5.74) is 0.679. The highest BCUT2D eigenvalue weighted by Gasteiger charge is 2.11. The summed E-state index contributed by atoms with van der Waals surface area (Å²) in [6, 6.07) is 4.41. The van der Waals surface area contributed by atoms with Gasteiger partial charge in [0.25, 0.3) is 0 Å². The zero-order chi connectivity index (χ0) is 15.2. The molecule has 0 spiro atoms. The minimum absolute atomic E-state index is 0.0421. The van der Waals surface area contributed by atoms with Crippen LogP contribution < -0.4 is 5.14 Å². The first-order valence-electron chi connectivity index (χ1n) is 5.60. The molecule has 1 aromatic rings. The van der Waals surface area contributed by atoms with Gasteiger partial charge in [-0.1, -0.05) is 6.08 Å². The Morgan fingerprint density at radius 1 is 1.45 bits per heavy atom. The van der Waals surface area contributed by atoms with E-state index in [2.05, 4.69) is 22.4 Å². The average Bonchev–Trinajstić information content (AvgIpc) is 2.36. The molecule has 1 unspecified atom stereocenters. The molecule has 0 aliphatic carbocycles. The van der Waals surface area contributed by atoms with Crippen LogP contribution in [-0.4, -0.2) is 24.3 Å². The number of nitrogens with two attached hydrogens (primary N) is 1. The van der Waals surface area contributed by atoms with Crippen LogP contribution in [0.3, 0.4) is 0 Å². The van der Waals surface area contributed by atoms with Crippen LogP contribution in [0.25, 0.3) is 0 Å². The van der Waals surface area contributed by atoms with Crippen molar-refractivity contribution >= 4 is 38.2 Å². The number of sulfonamides is 1. The van der Waals surface area contributed by atoms with Crippen LogP contribution in [0.2, 0.25) is 0 Å². The Kier molecular flexibility index (Phi) is 6.38. The van der Waals surface area contributed by atoms with Gasteiger partial charge in [-0.15, -0.1) is 0 Å². The maximum Gasteiger partial charge on any atom is 0.238 e. The van der Waals surface area contributed by atoms with E-state index in [1.807, 2.05) is 0 Å². The molecule has 2 N–H and O–H groups in total. The minimum atomic E-state index is -3.81. The smallest absolute Gasteiger partial charge is 0.238 e. The van der Waals surface area contributed by atoms with Crippen molar-refractivity contribution < 1.29 is 12.6 Å². The van der Waals surface area contributed by atoms with Gasteiger partial charge in [-0.3, -0.25) is 0 Å². The Labute approximate surface area is 126 Å². The van der Waals surface area contributed by atoms with Crippen LogP contribution in [0.4, 0.5) is 0 Å². The standard InChI is InChI=1S/C12H14N2O3S3/c1-10-6-11(8-12(7-10)20(13,16)17)19(15)5-3-2-4-14-9-18/h3,5-8H,2,4H2,1H3,(H2,13,16,17)/b5-3+. The molecule has 0 aliphatic rings. The Morgan fingerprint density at radius 3 is 2.75 bits per heavy atom. The molecule has 0 fully saturated rings. The van der Waals surface area contributed by atoms with E-state index in [0.29, 0.717) is 23.4 Å². The molecule has 0 aromatic heterocycles. The molecule has 108 valence electrons. The van der Waals surface area contributed by atoms with Gasteiger partial charge in [-0.2, -0.15) is 0 Å². The second-order valence-corrected chi connectivity index (χ2v) is 7.04. The third kappa shape index (κ3) is 5.44. The lowest BCUT2D eigenvalue weighted by Gasteiger charge is -2.04. The number of hydrogen-bond donors (Lipinski definition) is 1. The predicted octanol–water partition coefficient (Wildman–Crippen LogP) is 1.76. The molecule has 0 bridgehead atoms. The Morgan fingerprint density at radius 2 is 2.15 bits per heavy atom. The van der Waals surface area contributed by atoms with Gasteiger partial charge in [0.05, 0.1) is 27.4 Å². The molecule has 5 nitrogen and oxygen atoms in total. The highest BCUT2D eigenvalue weighted by atomic mass is 32.2. The summed E-state index contributed by atoms with van der Waals surface area (Å²) in [5.74, 6) is 0. The summed E-state index contributed by atoms with van der Waals surface area (Å²) in [5, 5.41) is 8.80. The monoisotopic (exact) mass is 330 g/mol. The molecule has 0 saturated carbocycles. The van der Waals surface area contributed by atoms with Crippen LogP contribution in [-0.2, 0) is 20.8 Å². The third-order valence-corrected chi connectivity index (χ3v) is 4.44. The molecule has 0 heterocycles. The lowest BCUT2D eigenvalue weighted by molar-refractivity contribution is 0.597. The van der Waals surface area contributed by atoms with Gasteiger partial charge in [0, 0.05) is 10.3 Å². The maximum absolute atomic E-state index is 12.0. The van der Waals surface area contributed by atoms with Crippen molar-refractivity contribution in [3.63, 3.8) is 0 Å². The molecule has 0 saturated heterocycles. The first kappa shape index (κ1) is 16.9. The summed E-state index contributed by atoms with van der Waals surface area (Å²) in [6.07, 6.45) is 2.29. The largest absolute Gasteiger partial charge is 0.250 e. The van der Waals surface area contributed by atoms with Gasteiger partial charge in [0.1, 0.15) is 0 Å². The van der Waals surface area contributed by atoms with Crippen LogP contribution in [0.15, 0.2) is 44.5 Å². The van der Waals surface area contributed by atoms with Crippen LogP contribution in [0.1, 0.15) is 12.0 Å². The van der Waals surface area contributed by atoms with Gasteiger partial charge in [0.2, 0.25) is 10.0 Å². The van der Waals surface area contributed by atoms with E-state index in [-0.39, 0.29) is 4.90 Å². The normalized spacial score (nSPS) is 13.1. The van der Waals surface area contributed by atoms with Crippen LogP contribution in [0, 0.1) is 6.92 Å². The van der Waals surface area contributed by atoms with E-state index in [9.17, 15) is 12.6 Å². The van der Waals surface area contributed by atoms with Crippen LogP contribution in [0.5, 0.6) is 0 Å². The van der Waals surface area contributed by atoms with Gasteiger partial charge >= 0.3 is 0 Å². The number of nitrogens with zero attached hydrogens (tertiary/aromatic N) is 1. The molecule has 0 radical (unpaired) electrons. The fourth-order valence-electron chi connectivity index (χ4n) is 1.41. The van der Waals surface area contributed by atoms with E-state index in [4.69, 9.17) is 5.14 Å². The van der Waals surface area contributed by atoms with Gasteiger partial charge in [0.15, 0.2) is 0 Å². The first-order chi connectivity index (χ1) is 9.34. The fourth-order valence-corrected chi connectivity index (χ4v) is 3.23. The lowest BCUT2D eigenvalue weighted by Crippen LogP contribution is -2.12. The molecular weight excluding hydrogens is 316 g/mol. The van der Waals surface area contributed by atoms with Crippen molar-refractivity contribution in [2.45, 2.75) is 23.1 Å². The Hall–Kier alpha value is -1.18. The molecule has 0 amide bonds. The van der Waals surface area contributed by atoms with Gasteiger partial charge in [-0.05, 0) is 49.3 Å².